The quantitative estimate of drug-likeness (QED) is 0.413. The van der Waals surface area contributed by atoms with E-state index in [-0.39, 0.29) is 17.2 Å². The summed E-state index contributed by atoms with van der Waals surface area (Å²) in [4.78, 5) is 35.5. The predicted molar refractivity (Wildman–Crippen MR) is 129 cm³/mol. The SMILES string of the molecule is Cn1cnnc1Sc1ccc(NC(=O)CSCc2nc3sc4c(c3c(=O)[nH]2)CCC4)cc1. The van der Waals surface area contributed by atoms with Gasteiger partial charge in [-0.15, -0.1) is 33.3 Å². The van der Waals surface area contributed by atoms with Gasteiger partial charge in [0.2, 0.25) is 5.91 Å². The first-order valence-electron chi connectivity index (χ1n) is 10.1. The largest absolute Gasteiger partial charge is 0.325 e. The number of thiophene rings is 1. The topological polar surface area (TPSA) is 106 Å². The Labute approximate surface area is 196 Å². The van der Waals surface area contributed by atoms with Crippen LogP contribution in [-0.2, 0) is 30.4 Å². The minimum Gasteiger partial charge on any atom is -0.325 e. The Morgan fingerprint density at radius 2 is 2.12 bits per heavy atom. The normalized spacial score (nSPS) is 12.9. The molecule has 0 unspecified atom stereocenters. The highest BCUT2D eigenvalue weighted by molar-refractivity contribution is 7.99. The molecule has 1 aliphatic carbocycles. The van der Waals surface area contributed by atoms with E-state index in [4.69, 9.17) is 0 Å². The number of nitrogens with one attached hydrogen (secondary N) is 2. The van der Waals surface area contributed by atoms with Crippen molar-refractivity contribution in [3.8, 4) is 0 Å². The lowest BCUT2D eigenvalue weighted by Crippen LogP contribution is -2.15. The summed E-state index contributed by atoms with van der Waals surface area (Å²) in [6.07, 6.45) is 4.78. The van der Waals surface area contributed by atoms with Crippen LogP contribution in [0.25, 0.3) is 10.2 Å². The lowest BCUT2D eigenvalue weighted by molar-refractivity contribution is -0.113. The van der Waals surface area contributed by atoms with E-state index in [0.29, 0.717) is 11.6 Å². The van der Waals surface area contributed by atoms with Gasteiger partial charge < -0.3 is 14.9 Å². The predicted octanol–water partition coefficient (Wildman–Crippen LogP) is 3.62. The van der Waals surface area contributed by atoms with Gasteiger partial charge in [-0.05, 0) is 60.9 Å². The molecule has 1 amide bonds. The van der Waals surface area contributed by atoms with Crippen LogP contribution in [0.5, 0.6) is 0 Å². The molecule has 0 fully saturated rings. The van der Waals surface area contributed by atoms with E-state index in [1.165, 1.54) is 34.0 Å². The maximum atomic E-state index is 12.5. The van der Waals surface area contributed by atoms with Crippen molar-refractivity contribution in [2.24, 2.45) is 7.05 Å². The summed E-state index contributed by atoms with van der Waals surface area (Å²) in [6, 6.07) is 7.60. The Balaban J connectivity index is 1.14. The van der Waals surface area contributed by atoms with Gasteiger partial charge in [0.15, 0.2) is 5.16 Å². The minimum atomic E-state index is -0.0952. The molecule has 0 aliphatic heterocycles. The van der Waals surface area contributed by atoms with Gasteiger partial charge in [0.05, 0.1) is 16.9 Å². The van der Waals surface area contributed by atoms with Gasteiger partial charge in [0.1, 0.15) is 17.0 Å². The van der Waals surface area contributed by atoms with Crippen LogP contribution >= 0.6 is 34.9 Å². The fraction of sp³-hybridized carbons (Fsp3) is 0.286. The minimum absolute atomic E-state index is 0.0614. The van der Waals surface area contributed by atoms with Crippen molar-refractivity contribution in [3.05, 3.63) is 57.2 Å². The number of carbonyl (C=O) groups is 1. The molecule has 5 rings (SSSR count). The molecule has 164 valence electrons. The van der Waals surface area contributed by atoms with Crippen molar-refractivity contribution in [2.45, 2.75) is 35.1 Å². The van der Waals surface area contributed by atoms with E-state index in [2.05, 4.69) is 25.5 Å². The molecule has 0 saturated carbocycles. The molecule has 1 aliphatic rings. The van der Waals surface area contributed by atoms with Gasteiger partial charge in [-0.3, -0.25) is 9.59 Å². The third-order valence-corrected chi connectivity index (χ3v) is 8.30. The van der Waals surface area contributed by atoms with Crippen LogP contribution in [0, 0.1) is 0 Å². The molecule has 0 spiro atoms. The Morgan fingerprint density at radius 1 is 1.28 bits per heavy atom. The Hall–Kier alpha value is -2.63. The van der Waals surface area contributed by atoms with E-state index in [9.17, 15) is 9.59 Å². The molecule has 0 bridgehead atoms. The molecule has 32 heavy (non-hydrogen) atoms. The highest BCUT2D eigenvalue weighted by Gasteiger charge is 2.21. The maximum Gasteiger partial charge on any atom is 0.259 e. The number of hydrogen-bond acceptors (Lipinski definition) is 8. The van der Waals surface area contributed by atoms with E-state index >= 15 is 0 Å². The van der Waals surface area contributed by atoms with Crippen molar-refractivity contribution >= 4 is 56.7 Å². The first-order chi connectivity index (χ1) is 15.6. The Kier molecular flexibility index (Phi) is 6.03. The average molecular weight is 485 g/mol. The Morgan fingerprint density at radius 3 is 2.91 bits per heavy atom. The number of rotatable bonds is 7. The first kappa shape index (κ1) is 21.2. The number of aromatic amines is 1. The van der Waals surface area contributed by atoms with Crippen LogP contribution in [0.3, 0.4) is 0 Å². The molecule has 0 saturated heterocycles. The van der Waals surface area contributed by atoms with E-state index in [1.54, 1.807) is 17.7 Å². The van der Waals surface area contributed by atoms with Gasteiger partial charge in [0.25, 0.3) is 5.56 Å². The number of amides is 1. The van der Waals surface area contributed by atoms with Gasteiger partial charge in [-0.2, -0.15) is 0 Å². The molecule has 2 N–H and O–H groups in total. The zero-order valence-electron chi connectivity index (χ0n) is 17.3. The number of carbonyl (C=O) groups excluding carboxylic acids is 1. The number of aromatic nitrogens is 5. The van der Waals surface area contributed by atoms with Crippen molar-refractivity contribution in [1.82, 2.24) is 24.7 Å². The number of hydrogen-bond donors (Lipinski definition) is 2. The summed E-state index contributed by atoms with van der Waals surface area (Å²) in [5.74, 6) is 1.28. The standard InChI is InChI=1S/C21H20N6O2S3/c1-27-11-22-26-21(27)31-13-7-5-12(6-8-13)23-17(28)10-30-9-16-24-19(29)18-14-3-2-4-15(14)32-20(18)25-16/h5-8,11H,2-4,9-10H2,1H3,(H,23,28)(H,24,25,29). The Bertz CT molecular complexity index is 1340. The summed E-state index contributed by atoms with van der Waals surface area (Å²) in [5.41, 5.74) is 1.85. The van der Waals surface area contributed by atoms with Crippen molar-refractivity contribution in [1.29, 1.82) is 0 Å². The summed E-state index contributed by atoms with van der Waals surface area (Å²) >= 11 is 4.56. The smallest absolute Gasteiger partial charge is 0.259 e. The second kappa shape index (κ2) is 9.08. The molecular formula is C21H20N6O2S3. The number of thioether (sulfide) groups is 1. The van der Waals surface area contributed by atoms with Crippen LogP contribution in [0.1, 0.15) is 22.7 Å². The fourth-order valence-electron chi connectivity index (χ4n) is 3.63. The second-order valence-electron chi connectivity index (χ2n) is 7.44. The molecule has 4 aromatic rings. The zero-order chi connectivity index (χ0) is 22.1. The molecule has 3 aromatic heterocycles. The van der Waals surface area contributed by atoms with Crippen molar-refractivity contribution < 1.29 is 4.79 Å². The van der Waals surface area contributed by atoms with Crippen LogP contribution < -0.4 is 10.9 Å². The molecule has 8 nitrogen and oxygen atoms in total. The summed E-state index contributed by atoms with van der Waals surface area (Å²) < 4.78 is 1.85. The summed E-state index contributed by atoms with van der Waals surface area (Å²) in [6.45, 7) is 0. The van der Waals surface area contributed by atoms with Gasteiger partial charge in [-0.1, -0.05) is 0 Å². The number of anilines is 1. The highest BCUT2D eigenvalue weighted by Crippen LogP contribution is 2.34. The maximum absolute atomic E-state index is 12.5. The van der Waals surface area contributed by atoms with Crippen LogP contribution in [0.4, 0.5) is 5.69 Å². The number of aryl methyl sites for hydroxylation is 3. The number of fused-ring (bicyclic) bond motifs is 3. The van der Waals surface area contributed by atoms with E-state index in [0.717, 1.165) is 45.2 Å². The van der Waals surface area contributed by atoms with Gasteiger partial charge in [-0.25, -0.2) is 4.98 Å². The number of nitrogens with zero attached hydrogens (tertiary/aromatic N) is 4. The van der Waals surface area contributed by atoms with Gasteiger partial charge >= 0.3 is 0 Å². The third kappa shape index (κ3) is 4.45. The molecular weight excluding hydrogens is 464 g/mol. The monoisotopic (exact) mass is 484 g/mol. The van der Waals surface area contributed by atoms with Crippen LogP contribution in [-0.4, -0.2) is 36.4 Å². The first-order valence-corrected chi connectivity index (χ1v) is 12.9. The zero-order valence-corrected chi connectivity index (χ0v) is 19.7. The molecule has 0 atom stereocenters. The molecule has 11 heteroatoms. The molecule has 0 radical (unpaired) electrons. The molecule has 1 aromatic carbocycles. The fourth-order valence-corrected chi connectivity index (χ4v) is 6.36. The highest BCUT2D eigenvalue weighted by atomic mass is 32.2. The lowest BCUT2D eigenvalue weighted by Gasteiger charge is -2.06. The summed E-state index contributed by atoms with van der Waals surface area (Å²) in [7, 11) is 1.89. The summed E-state index contributed by atoms with van der Waals surface area (Å²) in [5, 5.41) is 12.4. The second-order valence-corrected chi connectivity index (χ2v) is 10.6. The average Bonchev–Trinajstić information content (AvgIpc) is 3.46. The molecule has 3 heterocycles. The third-order valence-electron chi connectivity index (χ3n) is 5.11. The lowest BCUT2D eigenvalue weighted by atomic mass is 10.2. The van der Waals surface area contributed by atoms with E-state index in [1.807, 2.05) is 35.9 Å². The van der Waals surface area contributed by atoms with Crippen molar-refractivity contribution in [3.63, 3.8) is 0 Å². The van der Waals surface area contributed by atoms with Crippen LogP contribution in [0.2, 0.25) is 0 Å². The van der Waals surface area contributed by atoms with Crippen molar-refractivity contribution in [2.75, 3.05) is 11.1 Å². The van der Waals surface area contributed by atoms with Gasteiger partial charge in [0, 0.05) is 22.5 Å². The number of benzene rings is 1. The van der Waals surface area contributed by atoms with Crippen LogP contribution in [0.15, 0.2) is 45.4 Å². The number of H-pyrrole nitrogens is 1. The van der Waals surface area contributed by atoms with E-state index < -0.39 is 0 Å².